The lowest BCUT2D eigenvalue weighted by Crippen LogP contribution is -2.45. The summed E-state index contributed by atoms with van der Waals surface area (Å²) in [4.78, 5) is 11.7. The summed E-state index contributed by atoms with van der Waals surface area (Å²) in [5, 5.41) is 3.79. The van der Waals surface area contributed by atoms with E-state index in [2.05, 4.69) is 49.0 Å². The van der Waals surface area contributed by atoms with Crippen LogP contribution in [0.4, 0.5) is 11.6 Å². The van der Waals surface area contributed by atoms with Crippen molar-refractivity contribution in [1.82, 2.24) is 9.97 Å². The van der Waals surface area contributed by atoms with Gasteiger partial charge in [-0.3, -0.25) is 0 Å². The van der Waals surface area contributed by atoms with Crippen molar-refractivity contribution in [2.45, 2.75) is 44.9 Å². The van der Waals surface area contributed by atoms with Gasteiger partial charge in [0, 0.05) is 42.6 Å². The zero-order valence-electron chi connectivity index (χ0n) is 12.5. The number of aromatic nitrogens is 2. The van der Waals surface area contributed by atoms with E-state index in [9.17, 15) is 0 Å². The standard InChI is InChI=1S/C14H24N4S/c1-9(2)14-16-12(15-5)8-13(17-14)18-6-7-19-11(4)10(18)3/h8-11H,6-7H2,1-5H3,(H,15,16,17). The summed E-state index contributed by atoms with van der Waals surface area (Å²) < 4.78 is 0. The third-order valence-corrected chi connectivity index (χ3v) is 5.02. The van der Waals surface area contributed by atoms with Gasteiger partial charge in [0.15, 0.2) is 0 Å². The van der Waals surface area contributed by atoms with Gasteiger partial charge in [-0.25, -0.2) is 9.97 Å². The van der Waals surface area contributed by atoms with Crippen LogP contribution in [0.3, 0.4) is 0 Å². The van der Waals surface area contributed by atoms with E-state index in [1.807, 2.05) is 18.8 Å². The van der Waals surface area contributed by atoms with Gasteiger partial charge in [-0.2, -0.15) is 11.8 Å². The molecular weight excluding hydrogens is 256 g/mol. The van der Waals surface area contributed by atoms with Crippen LogP contribution < -0.4 is 10.2 Å². The number of hydrogen-bond donors (Lipinski definition) is 1. The summed E-state index contributed by atoms with van der Waals surface area (Å²) in [5.74, 6) is 4.40. The minimum Gasteiger partial charge on any atom is -0.373 e. The van der Waals surface area contributed by atoms with Crippen LogP contribution in [0.2, 0.25) is 0 Å². The zero-order valence-corrected chi connectivity index (χ0v) is 13.3. The van der Waals surface area contributed by atoms with Crippen LogP contribution in [0.15, 0.2) is 6.07 Å². The van der Waals surface area contributed by atoms with Gasteiger partial charge in [-0.15, -0.1) is 0 Å². The van der Waals surface area contributed by atoms with Crippen LogP contribution >= 0.6 is 11.8 Å². The molecule has 1 aliphatic rings. The molecule has 1 fully saturated rings. The first kappa shape index (κ1) is 14.4. The number of nitrogens with zero attached hydrogens (tertiary/aromatic N) is 3. The molecule has 0 aromatic carbocycles. The van der Waals surface area contributed by atoms with Crippen LogP contribution in [-0.4, -0.2) is 40.6 Å². The summed E-state index contributed by atoms with van der Waals surface area (Å²) >= 11 is 2.04. The van der Waals surface area contributed by atoms with Crippen molar-refractivity contribution < 1.29 is 0 Å². The highest BCUT2D eigenvalue weighted by Gasteiger charge is 2.27. The molecule has 1 aromatic rings. The zero-order chi connectivity index (χ0) is 14.0. The molecular formula is C14H24N4S. The molecule has 0 amide bonds. The van der Waals surface area contributed by atoms with E-state index >= 15 is 0 Å². The first-order valence-electron chi connectivity index (χ1n) is 6.98. The number of nitrogens with one attached hydrogen (secondary N) is 1. The topological polar surface area (TPSA) is 41.0 Å². The lowest BCUT2D eigenvalue weighted by Gasteiger charge is -2.38. The van der Waals surface area contributed by atoms with Gasteiger partial charge in [0.25, 0.3) is 0 Å². The monoisotopic (exact) mass is 280 g/mol. The third-order valence-electron chi connectivity index (χ3n) is 3.68. The van der Waals surface area contributed by atoms with E-state index in [1.165, 1.54) is 5.75 Å². The molecule has 4 nitrogen and oxygen atoms in total. The molecule has 0 aliphatic carbocycles. The van der Waals surface area contributed by atoms with Gasteiger partial charge in [0.2, 0.25) is 0 Å². The molecule has 0 saturated carbocycles. The Kier molecular flexibility index (Phi) is 4.55. The highest BCUT2D eigenvalue weighted by molar-refractivity contribution is 8.00. The van der Waals surface area contributed by atoms with Crippen LogP contribution in [0, 0.1) is 0 Å². The van der Waals surface area contributed by atoms with Crippen molar-refractivity contribution in [3.8, 4) is 0 Å². The molecule has 2 unspecified atom stereocenters. The minimum atomic E-state index is 0.346. The maximum absolute atomic E-state index is 4.75. The number of hydrogen-bond acceptors (Lipinski definition) is 5. The first-order valence-corrected chi connectivity index (χ1v) is 8.02. The van der Waals surface area contributed by atoms with Crippen molar-refractivity contribution in [2.75, 3.05) is 29.6 Å². The summed E-state index contributed by atoms with van der Waals surface area (Å²) in [6, 6.07) is 2.57. The van der Waals surface area contributed by atoms with E-state index in [0.717, 1.165) is 24.0 Å². The third kappa shape index (κ3) is 3.14. The van der Waals surface area contributed by atoms with E-state index < -0.39 is 0 Å². The highest BCUT2D eigenvalue weighted by atomic mass is 32.2. The molecule has 1 saturated heterocycles. The minimum absolute atomic E-state index is 0.346. The predicted octanol–water partition coefficient (Wildman–Crippen LogP) is 2.97. The second-order valence-corrected chi connectivity index (χ2v) is 6.87. The Morgan fingerprint density at radius 2 is 2.11 bits per heavy atom. The molecule has 1 aliphatic heterocycles. The fraction of sp³-hybridized carbons (Fsp3) is 0.714. The fourth-order valence-corrected chi connectivity index (χ4v) is 3.34. The number of thioether (sulfide) groups is 1. The smallest absolute Gasteiger partial charge is 0.135 e. The molecule has 19 heavy (non-hydrogen) atoms. The summed E-state index contributed by atoms with van der Waals surface area (Å²) in [6.07, 6.45) is 0. The largest absolute Gasteiger partial charge is 0.373 e. The Morgan fingerprint density at radius 1 is 1.37 bits per heavy atom. The summed E-state index contributed by atoms with van der Waals surface area (Å²) in [5.41, 5.74) is 0. The molecule has 0 spiro atoms. The second-order valence-electron chi connectivity index (χ2n) is 5.38. The van der Waals surface area contributed by atoms with E-state index in [0.29, 0.717) is 17.2 Å². The quantitative estimate of drug-likeness (QED) is 0.922. The summed E-state index contributed by atoms with van der Waals surface area (Å²) in [6.45, 7) is 9.92. The van der Waals surface area contributed by atoms with Crippen LogP contribution in [-0.2, 0) is 0 Å². The van der Waals surface area contributed by atoms with Gasteiger partial charge >= 0.3 is 0 Å². The Balaban J connectivity index is 2.34. The van der Waals surface area contributed by atoms with Crippen LogP contribution in [0.1, 0.15) is 39.4 Å². The number of rotatable bonds is 3. The maximum Gasteiger partial charge on any atom is 0.135 e. The Morgan fingerprint density at radius 3 is 2.74 bits per heavy atom. The average Bonchev–Trinajstić information content (AvgIpc) is 2.41. The van der Waals surface area contributed by atoms with Gasteiger partial charge in [0.1, 0.15) is 17.5 Å². The summed E-state index contributed by atoms with van der Waals surface area (Å²) in [7, 11) is 1.91. The van der Waals surface area contributed by atoms with Gasteiger partial charge in [-0.05, 0) is 6.92 Å². The Labute approximate surface area is 120 Å². The molecule has 1 N–H and O–H groups in total. The van der Waals surface area contributed by atoms with Gasteiger partial charge in [-0.1, -0.05) is 20.8 Å². The number of anilines is 2. The van der Waals surface area contributed by atoms with Crippen molar-refractivity contribution >= 4 is 23.4 Å². The van der Waals surface area contributed by atoms with E-state index in [-0.39, 0.29) is 0 Å². The average molecular weight is 280 g/mol. The lowest BCUT2D eigenvalue weighted by molar-refractivity contribution is 0.615. The van der Waals surface area contributed by atoms with Crippen molar-refractivity contribution in [1.29, 1.82) is 0 Å². The van der Waals surface area contributed by atoms with Crippen LogP contribution in [0.5, 0.6) is 0 Å². The molecule has 0 bridgehead atoms. The van der Waals surface area contributed by atoms with Crippen LogP contribution in [0.25, 0.3) is 0 Å². The molecule has 106 valence electrons. The van der Waals surface area contributed by atoms with Crippen molar-refractivity contribution in [2.24, 2.45) is 0 Å². The molecule has 1 aromatic heterocycles. The second kappa shape index (κ2) is 5.99. The van der Waals surface area contributed by atoms with E-state index in [4.69, 9.17) is 4.98 Å². The normalized spacial score (nSPS) is 23.8. The molecule has 2 heterocycles. The molecule has 0 radical (unpaired) electrons. The SMILES string of the molecule is CNc1cc(N2CCSC(C)C2C)nc(C(C)C)n1. The van der Waals surface area contributed by atoms with E-state index in [1.54, 1.807) is 0 Å². The highest BCUT2D eigenvalue weighted by Crippen LogP contribution is 2.29. The predicted molar refractivity (Wildman–Crippen MR) is 84.4 cm³/mol. The van der Waals surface area contributed by atoms with Crippen molar-refractivity contribution in [3.05, 3.63) is 11.9 Å². The van der Waals surface area contributed by atoms with Gasteiger partial charge in [0.05, 0.1) is 0 Å². The van der Waals surface area contributed by atoms with Gasteiger partial charge < -0.3 is 10.2 Å². The molecule has 2 rings (SSSR count). The fourth-order valence-electron chi connectivity index (χ4n) is 2.24. The Bertz CT molecular complexity index is 435. The maximum atomic E-state index is 4.75. The Hall–Kier alpha value is -0.970. The van der Waals surface area contributed by atoms with Crippen molar-refractivity contribution in [3.63, 3.8) is 0 Å². The lowest BCUT2D eigenvalue weighted by atomic mass is 10.2. The molecule has 5 heteroatoms. The first-order chi connectivity index (χ1) is 9.02. The molecule has 2 atom stereocenters.